The number of hydrogen-bond acceptors (Lipinski definition) is 4. The van der Waals surface area contributed by atoms with E-state index < -0.39 is 0 Å². The molecule has 1 N–H and O–H groups in total. The molecule has 0 spiro atoms. The van der Waals surface area contributed by atoms with Crippen molar-refractivity contribution in [3.8, 4) is 6.07 Å². The Kier molecular flexibility index (Phi) is 6.50. The number of halogens is 1. The van der Waals surface area contributed by atoms with Crippen LogP contribution in [0.2, 0.25) is 0 Å². The van der Waals surface area contributed by atoms with Crippen molar-refractivity contribution in [3.63, 3.8) is 0 Å². The van der Waals surface area contributed by atoms with Gasteiger partial charge in [0, 0.05) is 43.6 Å². The largest absolute Gasteiger partial charge is 0.347 e. The molecule has 0 radical (unpaired) electrons. The van der Waals surface area contributed by atoms with Crippen molar-refractivity contribution < 1.29 is 9.59 Å². The number of rotatable bonds is 6. The molecule has 4 aliphatic carbocycles. The third kappa shape index (κ3) is 5.27. The number of hydrogen-bond donors (Lipinski definition) is 1. The van der Waals surface area contributed by atoms with Gasteiger partial charge in [-0.05, 0) is 85.5 Å². The zero-order valence-electron chi connectivity index (χ0n) is 19.2. The van der Waals surface area contributed by atoms with Crippen LogP contribution in [0.25, 0.3) is 0 Å². The Hall–Kier alpha value is -1.91. The molecule has 4 bridgehead atoms. The molecule has 6 nitrogen and oxygen atoms in total. The van der Waals surface area contributed by atoms with E-state index in [9.17, 15) is 9.59 Å². The summed E-state index contributed by atoms with van der Waals surface area (Å²) in [5, 5.41) is 12.1. The van der Waals surface area contributed by atoms with E-state index in [0.29, 0.717) is 25.1 Å². The molecular weight excluding hydrogens is 480 g/mol. The van der Waals surface area contributed by atoms with E-state index in [4.69, 9.17) is 5.26 Å². The van der Waals surface area contributed by atoms with E-state index in [1.165, 1.54) is 38.5 Å². The average Bonchev–Trinajstić information content (AvgIpc) is 2.76. The molecule has 1 aliphatic heterocycles. The Morgan fingerprint density at radius 3 is 2.27 bits per heavy atom. The molecule has 6 rings (SSSR count). The maximum absolute atomic E-state index is 12.7. The zero-order chi connectivity index (χ0) is 23.0. The summed E-state index contributed by atoms with van der Waals surface area (Å²) >= 11 is 3.47. The number of carbonyl (C=O) groups excluding carboxylic acids is 2. The third-order valence-corrected chi connectivity index (χ3v) is 8.81. The topological polar surface area (TPSA) is 76.4 Å². The third-order valence-electron chi connectivity index (χ3n) is 8.36. The summed E-state index contributed by atoms with van der Waals surface area (Å²) in [6, 6.07) is 7.97. The van der Waals surface area contributed by atoms with Gasteiger partial charge in [-0.15, -0.1) is 0 Å². The number of amides is 2. The Morgan fingerprint density at radius 1 is 1.03 bits per heavy atom. The second-order valence-electron chi connectivity index (χ2n) is 11.0. The molecule has 7 heteroatoms. The van der Waals surface area contributed by atoms with E-state index in [0.717, 1.165) is 47.4 Å². The van der Waals surface area contributed by atoms with Gasteiger partial charge < -0.3 is 10.2 Å². The van der Waals surface area contributed by atoms with Crippen LogP contribution < -0.4 is 5.32 Å². The molecule has 5 fully saturated rings. The standard InChI is InChI=1S/C26H33BrN4O2/c27-23-9-21(15-28)8-22(10-23)17-30-1-3-31(4-2-30)25(33)16-29-24(32)14-26-11-18-5-19(12-26)7-20(6-18)13-26/h8-10,18-20H,1-7,11-14,16-17H2,(H,29,32). The van der Waals surface area contributed by atoms with Crippen molar-refractivity contribution >= 4 is 27.7 Å². The SMILES string of the molecule is N#Cc1cc(Br)cc(CN2CCN(C(=O)CNC(=O)CC34CC5CC(CC(C5)C3)C4)CC2)c1. The highest BCUT2D eigenvalue weighted by Crippen LogP contribution is 2.61. The molecule has 1 aromatic rings. The number of nitriles is 1. The molecule has 1 aromatic carbocycles. The first-order valence-corrected chi connectivity index (χ1v) is 13.2. The average molecular weight is 513 g/mol. The second-order valence-corrected chi connectivity index (χ2v) is 11.9. The zero-order valence-corrected chi connectivity index (χ0v) is 20.8. The monoisotopic (exact) mass is 512 g/mol. The molecule has 0 aromatic heterocycles. The van der Waals surface area contributed by atoms with Crippen LogP contribution in [0.5, 0.6) is 0 Å². The van der Waals surface area contributed by atoms with Crippen molar-refractivity contribution in [2.24, 2.45) is 23.2 Å². The molecule has 4 saturated carbocycles. The lowest BCUT2D eigenvalue weighted by atomic mass is 9.49. The fourth-order valence-corrected chi connectivity index (χ4v) is 7.96. The molecule has 1 heterocycles. The van der Waals surface area contributed by atoms with Gasteiger partial charge in [-0.3, -0.25) is 14.5 Å². The van der Waals surface area contributed by atoms with Gasteiger partial charge in [0.25, 0.3) is 0 Å². The van der Waals surface area contributed by atoms with Crippen LogP contribution in [0, 0.1) is 34.5 Å². The van der Waals surface area contributed by atoms with Crippen molar-refractivity contribution in [1.29, 1.82) is 5.26 Å². The summed E-state index contributed by atoms with van der Waals surface area (Å²) in [4.78, 5) is 29.6. The number of piperazine rings is 1. The van der Waals surface area contributed by atoms with Crippen LogP contribution in [0.4, 0.5) is 0 Å². The van der Waals surface area contributed by atoms with Gasteiger partial charge in [-0.2, -0.15) is 5.26 Å². The highest BCUT2D eigenvalue weighted by atomic mass is 79.9. The fraction of sp³-hybridized carbons (Fsp3) is 0.654. The van der Waals surface area contributed by atoms with Crippen LogP contribution in [0.3, 0.4) is 0 Å². The lowest BCUT2D eigenvalue weighted by Gasteiger charge is -2.56. The molecule has 176 valence electrons. The van der Waals surface area contributed by atoms with E-state index in [1.807, 2.05) is 23.1 Å². The maximum Gasteiger partial charge on any atom is 0.242 e. The first kappa shape index (κ1) is 22.9. The minimum Gasteiger partial charge on any atom is -0.347 e. The number of carbonyl (C=O) groups is 2. The van der Waals surface area contributed by atoms with E-state index in [-0.39, 0.29) is 23.8 Å². The van der Waals surface area contributed by atoms with Crippen LogP contribution in [-0.2, 0) is 16.1 Å². The highest BCUT2D eigenvalue weighted by Gasteiger charge is 2.51. The second kappa shape index (κ2) is 9.38. The van der Waals surface area contributed by atoms with Gasteiger partial charge >= 0.3 is 0 Å². The summed E-state index contributed by atoms with van der Waals surface area (Å²) in [5.74, 6) is 2.59. The smallest absolute Gasteiger partial charge is 0.242 e. The lowest BCUT2D eigenvalue weighted by Crippen LogP contribution is -2.51. The Morgan fingerprint density at radius 2 is 1.67 bits per heavy atom. The minimum absolute atomic E-state index is 0.0164. The molecule has 5 aliphatic rings. The molecule has 1 saturated heterocycles. The summed E-state index contributed by atoms with van der Waals surface area (Å²) in [6.45, 7) is 3.80. The van der Waals surface area contributed by atoms with E-state index in [2.05, 4.69) is 32.2 Å². The van der Waals surface area contributed by atoms with Crippen molar-refractivity contribution in [3.05, 3.63) is 33.8 Å². The molecule has 0 atom stereocenters. The van der Waals surface area contributed by atoms with Gasteiger partial charge in [-0.1, -0.05) is 15.9 Å². The number of benzene rings is 1. The van der Waals surface area contributed by atoms with Crippen LogP contribution >= 0.6 is 15.9 Å². The van der Waals surface area contributed by atoms with Gasteiger partial charge in [0.2, 0.25) is 11.8 Å². The van der Waals surface area contributed by atoms with Crippen molar-refractivity contribution in [1.82, 2.24) is 15.1 Å². The lowest BCUT2D eigenvalue weighted by molar-refractivity contribution is -0.136. The summed E-state index contributed by atoms with van der Waals surface area (Å²) in [5.41, 5.74) is 1.96. The minimum atomic E-state index is 0.0164. The van der Waals surface area contributed by atoms with E-state index in [1.54, 1.807) is 0 Å². The van der Waals surface area contributed by atoms with Crippen LogP contribution in [0.1, 0.15) is 56.1 Å². The fourth-order valence-electron chi connectivity index (χ4n) is 7.42. The van der Waals surface area contributed by atoms with Gasteiger partial charge in [0.1, 0.15) is 0 Å². The number of nitrogens with one attached hydrogen (secondary N) is 1. The summed E-state index contributed by atoms with van der Waals surface area (Å²) in [6.07, 6.45) is 8.41. The first-order chi connectivity index (χ1) is 15.9. The van der Waals surface area contributed by atoms with Crippen molar-refractivity contribution in [2.75, 3.05) is 32.7 Å². The maximum atomic E-state index is 12.7. The van der Waals surface area contributed by atoms with Gasteiger partial charge in [0.05, 0.1) is 18.2 Å². The number of nitrogens with zero attached hydrogens (tertiary/aromatic N) is 3. The first-order valence-electron chi connectivity index (χ1n) is 12.4. The molecular formula is C26H33BrN4O2. The summed E-state index contributed by atoms with van der Waals surface area (Å²) in [7, 11) is 0. The molecule has 0 unspecified atom stereocenters. The molecule has 33 heavy (non-hydrogen) atoms. The Bertz CT molecular complexity index is 928. The van der Waals surface area contributed by atoms with Gasteiger partial charge in [0.15, 0.2) is 0 Å². The van der Waals surface area contributed by atoms with Gasteiger partial charge in [-0.25, -0.2) is 0 Å². The summed E-state index contributed by atoms with van der Waals surface area (Å²) < 4.78 is 0.912. The highest BCUT2D eigenvalue weighted by molar-refractivity contribution is 9.10. The molecule has 2 amide bonds. The van der Waals surface area contributed by atoms with Crippen LogP contribution in [0.15, 0.2) is 22.7 Å². The Balaban J connectivity index is 1.06. The Labute approximate surface area is 204 Å². The predicted molar refractivity (Wildman–Crippen MR) is 129 cm³/mol. The normalized spacial score (nSPS) is 30.8. The quantitative estimate of drug-likeness (QED) is 0.630. The van der Waals surface area contributed by atoms with E-state index >= 15 is 0 Å². The predicted octanol–water partition coefficient (Wildman–Crippen LogP) is 3.69. The van der Waals surface area contributed by atoms with Crippen molar-refractivity contribution in [2.45, 2.75) is 51.5 Å². The van der Waals surface area contributed by atoms with Crippen LogP contribution in [-0.4, -0.2) is 54.3 Å².